The fraction of sp³-hybridized carbons (Fsp3) is 0.600. The van der Waals surface area contributed by atoms with Gasteiger partial charge in [-0.15, -0.1) is 0 Å². The van der Waals surface area contributed by atoms with Gasteiger partial charge in [0.1, 0.15) is 11.9 Å². The van der Waals surface area contributed by atoms with E-state index in [1.165, 1.54) is 5.75 Å². The molecular weight excluding hydrogens is 196 g/mol. The van der Waals surface area contributed by atoms with E-state index in [1.807, 2.05) is 31.7 Å². The number of thioether (sulfide) groups is 1. The van der Waals surface area contributed by atoms with Gasteiger partial charge in [0, 0.05) is 17.5 Å². The molecule has 0 saturated carbocycles. The predicted molar refractivity (Wildman–Crippen MR) is 57.9 cm³/mol. The lowest BCUT2D eigenvalue weighted by Crippen LogP contribution is -2.16. The van der Waals surface area contributed by atoms with Crippen molar-refractivity contribution >= 4 is 11.8 Å². The Balaban J connectivity index is 2.07. The zero-order chi connectivity index (χ0) is 9.97. The average Bonchev–Trinajstić information content (AvgIpc) is 2.54. The highest BCUT2D eigenvalue weighted by Crippen LogP contribution is 2.22. The monoisotopic (exact) mass is 210 g/mol. The Kier molecular flexibility index (Phi) is 2.91. The van der Waals surface area contributed by atoms with Crippen LogP contribution in [-0.4, -0.2) is 27.6 Å². The van der Waals surface area contributed by atoms with Gasteiger partial charge >= 0.3 is 0 Å². The van der Waals surface area contributed by atoms with Crippen molar-refractivity contribution in [2.45, 2.75) is 26.4 Å². The van der Waals surface area contributed by atoms with E-state index in [9.17, 15) is 0 Å². The third-order valence-corrected chi connectivity index (χ3v) is 3.25. The summed E-state index contributed by atoms with van der Waals surface area (Å²) in [7, 11) is 0. The van der Waals surface area contributed by atoms with Gasteiger partial charge in [0.05, 0.1) is 0 Å². The first kappa shape index (κ1) is 9.77. The van der Waals surface area contributed by atoms with E-state index in [0.717, 1.165) is 29.6 Å². The summed E-state index contributed by atoms with van der Waals surface area (Å²) in [5.41, 5.74) is 0.971. The van der Waals surface area contributed by atoms with Gasteiger partial charge in [-0.2, -0.15) is 16.7 Å². The fourth-order valence-corrected chi connectivity index (χ4v) is 2.61. The van der Waals surface area contributed by atoms with Crippen LogP contribution in [0.3, 0.4) is 0 Å². The number of rotatable bonds is 2. The first-order chi connectivity index (χ1) is 6.74. The van der Waals surface area contributed by atoms with Crippen molar-refractivity contribution in [3.05, 3.63) is 17.6 Å². The highest BCUT2D eigenvalue weighted by atomic mass is 32.2. The molecule has 1 aromatic rings. The lowest BCUT2D eigenvalue weighted by molar-refractivity contribution is 0.219. The van der Waals surface area contributed by atoms with Crippen LogP contribution in [0.1, 0.15) is 17.9 Å². The molecule has 0 amide bonds. The Morgan fingerprint density at radius 2 is 2.29 bits per heavy atom. The van der Waals surface area contributed by atoms with E-state index >= 15 is 0 Å². The van der Waals surface area contributed by atoms with E-state index in [4.69, 9.17) is 4.74 Å². The molecule has 1 aliphatic heterocycles. The molecule has 0 radical (unpaired) electrons. The van der Waals surface area contributed by atoms with Crippen LogP contribution in [0.25, 0.3) is 0 Å². The Labute approximate surface area is 88.3 Å². The van der Waals surface area contributed by atoms with E-state index in [-0.39, 0.29) is 0 Å². The van der Waals surface area contributed by atoms with Crippen molar-refractivity contribution in [1.82, 2.24) is 9.97 Å². The number of hydrogen-bond donors (Lipinski definition) is 0. The third-order valence-electron chi connectivity index (χ3n) is 2.12. The van der Waals surface area contributed by atoms with Crippen molar-refractivity contribution < 1.29 is 4.74 Å². The molecule has 1 aliphatic rings. The highest BCUT2D eigenvalue weighted by molar-refractivity contribution is 7.99. The molecule has 1 unspecified atom stereocenters. The summed E-state index contributed by atoms with van der Waals surface area (Å²) >= 11 is 1.94. The molecule has 0 spiro atoms. The van der Waals surface area contributed by atoms with E-state index in [0.29, 0.717) is 6.10 Å². The molecule has 0 bridgehead atoms. The molecule has 0 N–H and O–H groups in total. The van der Waals surface area contributed by atoms with Crippen LogP contribution in [0.2, 0.25) is 0 Å². The Hall–Kier alpha value is -0.770. The summed E-state index contributed by atoms with van der Waals surface area (Å²) < 4.78 is 5.76. The van der Waals surface area contributed by atoms with Crippen LogP contribution in [0.4, 0.5) is 0 Å². The SMILES string of the molecule is Cc1cc(OC2CCSC2)nc(C)n1. The van der Waals surface area contributed by atoms with Crippen LogP contribution in [0.5, 0.6) is 5.88 Å². The number of aromatic nitrogens is 2. The first-order valence-electron chi connectivity index (χ1n) is 4.81. The van der Waals surface area contributed by atoms with E-state index < -0.39 is 0 Å². The fourth-order valence-electron chi connectivity index (χ4n) is 1.52. The van der Waals surface area contributed by atoms with Crippen LogP contribution in [-0.2, 0) is 0 Å². The molecule has 2 heterocycles. The number of aryl methyl sites for hydroxylation is 2. The molecule has 3 nitrogen and oxygen atoms in total. The van der Waals surface area contributed by atoms with Crippen LogP contribution in [0, 0.1) is 13.8 Å². The lowest BCUT2D eigenvalue weighted by atomic mass is 10.3. The lowest BCUT2D eigenvalue weighted by Gasteiger charge is -2.11. The molecule has 1 aromatic heterocycles. The molecule has 14 heavy (non-hydrogen) atoms. The molecular formula is C10H14N2OS. The van der Waals surface area contributed by atoms with Crippen molar-refractivity contribution in [2.24, 2.45) is 0 Å². The van der Waals surface area contributed by atoms with Gasteiger partial charge in [0.2, 0.25) is 5.88 Å². The van der Waals surface area contributed by atoms with Gasteiger partial charge < -0.3 is 4.74 Å². The summed E-state index contributed by atoms with van der Waals surface area (Å²) in [5.74, 6) is 3.80. The van der Waals surface area contributed by atoms with Gasteiger partial charge in [0.15, 0.2) is 0 Å². The van der Waals surface area contributed by atoms with E-state index in [2.05, 4.69) is 9.97 Å². The first-order valence-corrected chi connectivity index (χ1v) is 5.96. The molecule has 4 heteroatoms. The maximum atomic E-state index is 5.76. The van der Waals surface area contributed by atoms with Crippen molar-refractivity contribution in [1.29, 1.82) is 0 Å². The topological polar surface area (TPSA) is 35.0 Å². The Bertz CT molecular complexity index is 304. The quantitative estimate of drug-likeness (QED) is 0.747. The second-order valence-corrected chi connectivity index (χ2v) is 4.65. The summed E-state index contributed by atoms with van der Waals surface area (Å²) in [4.78, 5) is 8.47. The highest BCUT2D eigenvalue weighted by Gasteiger charge is 2.17. The standard InChI is InChI=1S/C10H14N2OS/c1-7-5-10(12-8(2)11-7)13-9-3-4-14-6-9/h5,9H,3-4,6H2,1-2H3. The summed E-state index contributed by atoms with van der Waals surface area (Å²) in [6, 6.07) is 1.90. The maximum absolute atomic E-state index is 5.76. The number of ether oxygens (including phenoxy) is 1. The number of hydrogen-bond acceptors (Lipinski definition) is 4. The van der Waals surface area contributed by atoms with Gasteiger partial charge in [-0.25, -0.2) is 4.98 Å². The second kappa shape index (κ2) is 4.17. The predicted octanol–water partition coefficient (Wildman–Crippen LogP) is 1.98. The van der Waals surface area contributed by atoms with Crippen molar-refractivity contribution in [2.75, 3.05) is 11.5 Å². The minimum Gasteiger partial charge on any atom is -0.473 e. The molecule has 76 valence electrons. The van der Waals surface area contributed by atoms with Gasteiger partial charge in [-0.05, 0) is 26.0 Å². The van der Waals surface area contributed by atoms with Gasteiger partial charge in [-0.3, -0.25) is 0 Å². The normalized spacial score (nSPS) is 21.1. The minimum atomic E-state index is 0.341. The van der Waals surface area contributed by atoms with Crippen molar-refractivity contribution in [3.63, 3.8) is 0 Å². The number of nitrogens with zero attached hydrogens (tertiary/aromatic N) is 2. The smallest absolute Gasteiger partial charge is 0.217 e. The molecule has 2 rings (SSSR count). The zero-order valence-electron chi connectivity index (χ0n) is 8.49. The van der Waals surface area contributed by atoms with Gasteiger partial charge in [0.25, 0.3) is 0 Å². The summed E-state index contributed by atoms with van der Waals surface area (Å²) in [5, 5.41) is 0. The molecule has 0 aromatic carbocycles. The van der Waals surface area contributed by atoms with Gasteiger partial charge in [-0.1, -0.05) is 0 Å². The third kappa shape index (κ3) is 2.38. The molecule has 1 fully saturated rings. The van der Waals surface area contributed by atoms with E-state index in [1.54, 1.807) is 0 Å². The Morgan fingerprint density at radius 1 is 1.43 bits per heavy atom. The van der Waals surface area contributed by atoms with Crippen LogP contribution in [0.15, 0.2) is 6.07 Å². The van der Waals surface area contributed by atoms with Crippen LogP contribution < -0.4 is 4.74 Å². The minimum absolute atomic E-state index is 0.341. The largest absolute Gasteiger partial charge is 0.473 e. The molecule has 0 aliphatic carbocycles. The average molecular weight is 210 g/mol. The van der Waals surface area contributed by atoms with Crippen molar-refractivity contribution in [3.8, 4) is 5.88 Å². The summed E-state index contributed by atoms with van der Waals surface area (Å²) in [6.45, 7) is 3.86. The zero-order valence-corrected chi connectivity index (χ0v) is 9.30. The summed E-state index contributed by atoms with van der Waals surface area (Å²) in [6.07, 6.45) is 1.47. The second-order valence-electron chi connectivity index (χ2n) is 3.50. The molecule has 1 saturated heterocycles. The van der Waals surface area contributed by atoms with Crippen LogP contribution >= 0.6 is 11.8 Å². The Morgan fingerprint density at radius 3 is 2.93 bits per heavy atom. The molecule has 1 atom stereocenters. The maximum Gasteiger partial charge on any atom is 0.217 e.